The second-order valence-electron chi connectivity index (χ2n) is 5.57. The lowest BCUT2D eigenvalue weighted by molar-refractivity contribution is -0.155. The van der Waals surface area contributed by atoms with Gasteiger partial charge in [0.05, 0.1) is 18.9 Å². The van der Waals surface area contributed by atoms with E-state index in [1.807, 2.05) is 0 Å². The van der Waals surface area contributed by atoms with E-state index in [2.05, 4.69) is 12.2 Å². The second-order valence-corrected chi connectivity index (χ2v) is 5.57. The van der Waals surface area contributed by atoms with Crippen LogP contribution < -0.4 is 0 Å². The molecule has 0 radical (unpaired) electrons. The number of ether oxygens (including phenoxy) is 2. The topological polar surface area (TPSA) is 52.6 Å². The van der Waals surface area contributed by atoms with Crippen molar-refractivity contribution in [3.63, 3.8) is 0 Å². The van der Waals surface area contributed by atoms with Gasteiger partial charge in [0.2, 0.25) is 0 Å². The third-order valence-electron chi connectivity index (χ3n) is 5.13. The molecule has 1 heterocycles. The molecule has 0 N–H and O–H groups in total. The van der Waals surface area contributed by atoms with Crippen LogP contribution in [-0.2, 0) is 19.1 Å². The molecule has 2 saturated carbocycles. The minimum Gasteiger partial charge on any atom is -0.469 e. The molecular weight excluding hydrogens is 220 g/mol. The monoisotopic (exact) mass is 234 g/mol. The lowest BCUT2D eigenvalue weighted by Gasteiger charge is -2.18. The standard InChI is InChI=1S/C13H14O4/c1-16-12(14)9-6-3-2-5-4-7-10(8(5)6)11(9)13(15)17-7/h2-3,5-11H,4H2,1H3/t5-,6-,7+,8+,9+,10-,11+/m1/s1. The van der Waals surface area contributed by atoms with Crippen molar-refractivity contribution in [1.29, 1.82) is 0 Å². The second kappa shape index (κ2) is 2.92. The maximum absolute atomic E-state index is 11.9. The SMILES string of the molecule is COC(=O)[C@H]1[C@@H]2C=C[C@@H]3C[C@@H]4OC(=O)[C@@H]1[C@H]4[C@H]23. The zero-order chi connectivity index (χ0) is 11.7. The summed E-state index contributed by atoms with van der Waals surface area (Å²) >= 11 is 0. The molecule has 0 spiro atoms. The number of esters is 2. The molecule has 7 atom stereocenters. The van der Waals surface area contributed by atoms with Gasteiger partial charge in [-0.1, -0.05) is 12.2 Å². The van der Waals surface area contributed by atoms with Crippen molar-refractivity contribution in [1.82, 2.24) is 0 Å². The van der Waals surface area contributed by atoms with Crippen molar-refractivity contribution >= 4 is 11.9 Å². The highest BCUT2D eigenvalue weighted by atomic mass is 16.6. The summed E-state index contributed by atoms with van der Waals surface area (Å²) in [6.45, 7) is 0. The largest absolute Gasteiger partial charge is 0.469 e. The smallest absolute Gasteiger partial charge is 0.310 e. The zero-order valence-corrected chi connectivity index (χ0v) is 9.54. The van der Waals surface area contributed by atoms with Crippen LogP contribution in [0, 0.1) is 35.5 Å². The number of hydrogen-bond acceptors (Lipinski definition) is 4. The molecule has 17 heavy (non-hydrogen) atoms. The molecule has 0 amide bonds. The molecule has 1 aliphatic heterocycles. The molecular formula is C13H14O4. The number of methoxy groups -OCH3 is 1. The normalized spacial score (nSPS) is 52.8. The first-order valence-corrected chi connectivity index (χ1v) is 6.19. The predicted molar refractivity (Wildman–Crippen MR) is 56.6 cm³/mol. The van der Waals surface area contributed by atoms with Gasteiger partial charge in [-0.2, -0.15) is 0 Å². The highest BCUT2D eigenvalue weighted by molar-refractivity contribution is 5.85. The molecule has 0 bridgehead atoms. The van der Waals surface area contributed by atoms with Gasteiger partial charge in [0.1, 0.15) is 6.10 Å². The number of carbonyl (C=O) groups is 2. The Morgan fingerprint density at radius 2 is 2.24 bits per heavy atom. The van der Waals surface area contributed by atoms with Gasteiger partial charge in [-0.25, -0.2) is 0 Å². The molecule has 3 fully saturated rings. The van der Waals surface area contributed by atoms with Crippen molar-refractivity contribution in [3.05, 3.63) is 12.2 Å². The molecule has 0 unspecified atom stereocenters. The summed E-state index contributed by atoms with van der Waals surface area (Å²) in [4.78, 5) is 23.8. The van der Waals surface area contributed by atoms with Crippen LogP contribution in [0.1, 0.15) is 6.42 Å². The third-order valence-corrected chi connectivity index (χ3v) is 5.13. The summed E-state index contributed by atoms with van der Waals surface area (Å²) in [6, 6.07) is 0. The van der Waals surface area contributed by atoms with Gasteiger partial charge in [-0.15, -0.1) is 0 Å². The van der Waals surface area contributed by atoms with Crippen LogP contribution in [0.2, 0.25) is 0 Å². The first-order valence-electron chi connectivity index (χ1n) is 6.19. The van der Waals surface area contributed by atoms with Crippen LogP contribution in [0.5, 0.6) is 0 Å². The van der Waals surface area contributed by atoms with E-state index in [1.54, 1.807) is 0 Å². The predicted octanol–water partition coefficient (Wildman–Crippen LogP) is 0.769. The Kier molecular flexibility index (Phi) is 1.66. The summed E-state index contributed by atoms with van der Waals surface area (Å²) < 4.78 is 10.3. The van der Waals surface area contributed by atoms with Gasteiger partial charge in [-0.3, -0.25) is 9.59 Å². The first kappa shape index (κ1) is 9.68. The van der Waals surface area contributed by atoms with Crippen LogP contribution in [0.3, 0.4) is 0 Å². The highest BCUT2D eigenvalue weighted by Gasteiger charge is 2.68. The highest BCUT2D eigenvalue weighted by Crippen LogP contribution is 2.63. The van der Waals surface area contributed by atoms with Crippen molar-refractivity contribution in [2.24, 2.45) is 35.5 Å². The van der Waals surface area contributed by atoms with E-state index < -0.39 is 0 Å². The van der Waals surface area contributed by atoms with E-state index in [4.69, 9.17) is 9.47 Å². The van der Waals surface area contributed by atoms with E-state index in [0.717, 1.165) is 6.42 Å². The van der Waals surface area contributed by atoms with Crippen molar-refractivity contribution in [2.45, 2.75) is 12.5 Å². The van der Waals surface area contributed by atoms with Crippen molar-refractivity contribution < 1.29 is 19.1 Å². The van der Waals surface area contributed by atoms with Crippen LogP contribution in [-0.4, -0.2) is 25.2 Å². The van der Waals surface area contributed by atoms with Crippen LogP contribution in [0.25, 0.3) is 0 Å². The summed E-state index contributed by atoms with van der Waals surface area (Å²) in [5, 5.41) is 0. The summed E-state index contributed by atoms with van der Waals surface area (Å²) in [5.41, 5.74) is 0. The van der Waals surface area contributed by atoms with Gasteiger partial charge < -0.3 is 9.47 Å². The maximum Gasteiger partial charge on any atom is 0.310 e. The molecule has 90 valence electrons. The van der Waals surface area contributed by atoms with Crippen LogP contribution in [0.15, 0.2) is 12.2 Å². The van der Waals surface area contributed by atoms with E-state index in [9.17, 15) is 9.59 Å². The average Bonchev–Trinajstić information content (AvgIpc) is 2.97. The fraction of sp³-hybridized carbons (Fsp3) is 0.692. The van der Waals surface area contributed by atoms with Gasteiger partial charge in [0.15, 0.2) is 0 Å². The fourth-order valence-corrected chi connectivity index (χ4v) is 4.67. The molecule has 0 aromatic carbocycles. The fourth-order valence-electron chi connectivity index (χ4n) is 4.67. The summed E-state index contributed by atoms with van der Waals surface area (Å²) in [6.07, 6.45) is 5.31. The van der Waals surface area contributed by atoms with Gasteiger partial charge in [0.25, 0.3) is 0 Å². The molecule has 0 aromatic rings. The van der Waals surface area contributed by atoms with Gasteiger partial charge >= 0.3 is 11.9 Å². The van der Waals surface area contributed by atoms with Crippen LogP contribution in [0.4, 0.5) is 0 Å². The Hall–Kier alpha value is -1.32. The van der Waals surface area contributed by atoms with E-state index >= 15 is 0 Å². The molecule has 0 aromatic heterocycles. The maximum atomic E-state index is 11.9. The first-order chi connectivity index (χ1) is 8.22. The Morgan fingerprint density at radius 1 is 1.41 bits per heavy atom. The Morgan fingerprint density at radius 3 is 3.00 bits per heavy atom. The number of allylic oxidation sites excluding steroid dienone is 2. The minimum atomic E-state index is -0.311. The van der Waals surface area contributed by atoms with E-state index in [0.29, 0.717) is 11.8 Å². The molecule has 4 nitrogen and oxygen atoms in total. The summed E-state index contributed by atoms with van der Waals surface area (Å²) in [5.74, 6) is 0.373. The molecule has 3 aliphatic carbocycles. The Labute approximate surface area is 99.0 Å². The molecule has 1 saturated heterocycles. The Balaban J connectivity index is 1.81. The molecule has 4 rings (SSSR count). The lowest BCUT2D eigenvalue weighted by Crippen LogP contribution is -2.29. The minimum absolute atomic E-state index is 0.0459. The number of hydrogen-bond donors (Lipinski definition) is 0. The van der Waals surface area contributed by atoms with Crippen LogP contribution >= 0.6 is 0 Å². The number of carbonyl (C=O) groups excluding carboxylic acids is 2. The van der Waals surface area contributed by atoms with Crippen molar-refractivity contribution in [2.75, 3.05) is 7.11 Å². The summed E-state index contributed by atoms with van der Waals surface area (Å²) in [7, 11) is 1.39. The molecule has 4 heteroatoms. The quantitative estimate of drug-likeness (QED) is 0.496. The zero-order valence-electron chi connectivity index (χ0n) is 9.54. The van der Waals surface area contributed by atoms with Crippen molar-refractivity contribution in [3.8, 4) is 0 Å². The van der Waals surface area contributed by atoms with E-state index in [1.165, 1.54) is 7.11 Å². The van der Waals surface area contributed by atoms with Gasteiger partial charge in [0, 0.05) is 5.92 Å². The lowest BCUT2D eigenvalue weighted by atomic mass is 9.87. The third kappa shape index (κ3) is 0.956. The molecule has 4 aliphatic rings. The average molecular weight is 234 g/mol. The number of rotatable bonds is 1. The van der Waals surface area contributed by atoms with Gasteiger partial charge in [-0.05, 0) is 24.2 Å². The van der Waals surface area contributed by atoms with E-state index in [-0.39, 0.29) is 41.7 Å². The Bertz CT molecular complexity index is 441.